The number of nitrogens with zero attached hydrogens (tertiary/aromatic N) is 2. The molecule has 0 aliphatic heterocycles. The minimum Gasteiger partial charge on any atom is -0.456 e. The molecule has 0 amide bonds. The van der Waals surface area contributed by atoms with Crippen LogP contribution in [0.3, 0.4) is 0 Å². The van der Waals surface area contributed by atoms with E-state index in [1.807, 2.05) is 0 Å². The van der Waals surface area contributed by atoms with Gasteiger partial charge in [0, 0.05) is 67.8 Å². The van der Waals surface area contributed by atoms with Crippen molar-refractivity contribution in [3.05, 3.63) is 180 Å². The van der Waals surface area contributed by atoms with Gasteiger partial charge in [0.25, 0.3) is 0 Å². The van der Waals surface area contributed by atoms with Crippen molar-refractivity contribution in [3.63, 3.8) is 0 Å². The summed E-state index contributed by atoms with van der Waals surface area (Å²) in [6, 6.07) is 56.1. The van der Waals surface area contributed by atoms with Crippen LogP contribution < -0.4 is 9.80 Å². The van der Waals surface area contributed by atoms with E-state index in [0.717, 1.165) is 88.8 Å². The predicted molar refractivity (Wildman–Crippen MR) is 227 cm³/mol. The average molecular weight is 699 g/mol. The number of hydrogen-bond acceptors (Lipinski definition) is 4. The fourth-order valence-corrected chi connectivity index (χ4v) is 8.12. The maximum absolute atomic E-state index is 6.64. The number of para-hydroxylation sites is 4. The first-order chi connectivity index (χ1) is 26.4. The van der Waals surface area contributed by atoms with E-state index in [9.17, 15) is 0 Å². The Kier molecular flexibility index (Phi) is 7.34. The van der Waals surface area contributed by atoms with Crippen LogP contribution in [-0.2, 0) is 0 Å². The lowest BCUT2D eigenvalue weighted by Gasteiger charge is -2.28. The molecule has 0 unspecified atom stereocenters. The summed E-state index contributed by atoms with van der Waals surface area (Å²) in [4.78, 5) is 4.67. The number of fused-ring (bicyclic) bond motifs is 7. The highest BCUT2D eigenvalue weighted by Crippen LogP contribution is 2.44. The van der Waals surface area contributed by atoms with Crippen molar-refractivity contribution < 1.29 is 8.83 Å². The average Bonchev–Trinajstić information content (AvgIpc) is 3.72. The Labute approximate surface area is 314 Å². The molecule has 0 saturated carbocycles. The molecule has 0 aliphatic rings. The number of aryl methyl sites for hydroxylation is 4. The Hall–Kier alpha value is -6.78. The van der Waals surface area contributed by atoms with Gasteiger partial charge in [-0.2, -0.15) is 0 Å². The van der Waals surface area contributed by atoms with Gasteiger partial charge in [-0.15, -0.1) is 0 Å². The highest BCUT2D eigenvalue weighted by Gasteiger charge is 2.21. The predicted octanol–water partition coefficient (Wildman–Crippen LogP) is 14.8. The first kappa shape index (κ1) is 31.9. The number of hydrogen-bond donors (Lipinski definition) is 0. The minimum atomic E-state index is 0.859. The van der Waals surface area contributed by atoms with Crippen LogP contribution >= 0.6 is 0 Å². The maximum atomic E-state index is 6.64. The molecular formula is C50H38N2O2. The van der Waals surface area contributed by atoms with Gasteiger partial charge in [0.1, 0.15) is 22.3 Å². The topological polar surface area (TPSA) is 32.8 Å². The zero-order valence-corrected chi connectivity index (χ0v) is 30.7. The second kappa shape index (κ2) is 12.4. The van der Waals surface area contributed by atoms with Crippen molar-refractivity contribution in [2.75, 3.05) is 9.80 Å². The van der Waals surface area contributed by atoms with Crippen molar-refractivity contribution in [1.82, 2.24) is 0 Å². The number of anilines is 6. The molecule has 260 valence electrons. The molecule has 0 saturated heterocycles. The van der Waals surface area contributed by atoms with E-state index in [4.69, 9.17) is 8.83 Å². The Bertz CT molecular complexity index is 2780. The van der Waals surface area contributed by atoms with Crippen LogP contribution in [0, 0.1) is 27.7 Å². The van der Waals surface area contributed by atoms with Crippen molar-refractivity contribution in [1.29, 1.82) is 0 Å². The monoisotopic (exact) mass is 698 g/mol. The largest absolute Gasteiger partial charge is 0.456 e. The summed E-state index contributed by atoms with van der Waals surface area (Å²) in [5, 5.41) is 6.62. The van der Waals surface area contributed by atoms with E-state index < -0.39 is 0 Å². The number of furan rings is 2. The lowest BCUT2D eigenvalue weighted by Crippen LogP contribution is -2.12. The van der Waals surface area contributed by atoms with Gasteiger partial charge >= 0.3 is 0 Å². The number of rotatable bonds is 6. The molecule has 0 bridgehead atoms. The van der Waals surface area contributed by atoms with Crippen molar-refractivity contribution >= 4 is 88.8 Å². The van der Waals surface area contributed by atoms with Gasteiger partial charge in [0.2, 0.25) is 0 Å². The van der Waals surface area contributed by atoms with Crippen LogP contribution in [0.15, 0.2) is 167 Å². The van der Waals surface area contributed by atoms with Crippen LogP contribution in [-0.4, -0.2) is 0 Å². The molecule has 4 nitrogen and oxygen atoms in total. The van der Waals surface area contributed by atoms with Gasteiger partial charge in [0.15, 0.2) is 0 Å². The Morgan fingerprint density at radius 1 is 0.315 bits per heavy atom. The van der Waals surface area contributed by atoms with E-state index in [-0.39, 0.29) is 0 Å². The van der Waals surface area contributed by atoms with Gasteiger partial charge in [-0.1, -0.05) is 72.8 Å². The lowest BCUT2D eigenvalue weighted by molar-refractivity contribution is 0.668. The van der Waals surface area contributed by atoms with Gasteiger partial charge < -0.3 is 18.6 Å². The first-order valence-electron chi connectivity index (χ1n) is 18.5. The highest BCUT2D eigenvalue weighted by molar-refractivity contribution is 6.15. The van der Waals surface area contributed by atoms with E-state index >= 15 is 0 Å². The molecule has 8 aromatic carbocycles. The smallest absolute Gasteiger partial charge is 0.137 e. The van der Waals surface area contributed by atoms with Gasteiger partial charge in [-0.3, -0.25) is 0 Å². The van der Waals surface area contributed by atoms with Crippen molar-refractivity contribution in [3.8, 4) is 0 Å². The molecule has 0 radical (unpaired) electrons. The summed E-state index contributed by atoms with van der Waals surface area (Å²) in [6.45, 7) is 8.65. The summed E-state index contributed by atoms with van der Waals surface area (Å²) in [5.74, 6) is 0. The number of benzene rings is 8. The molecule has 0 aliphatic carbocycles. The van der Waals surface area contributed by atoms with E-state index in [1.165, 1.54) is 22.3 Å². The van der Waals surface area contributed by atoms with E-state index in [2.05, 4.69) is 195 Å². The van der Waals surface area contributed by atoms with Gasteiger partial charge in [-0.05, 0) is 134 Å². The third-order valence-electron chi connectivity index (χ3n) is 10.9. The van der Waals surface area contributed by atoms with Crippen LogP contribution in [0.25, 0.3) is 54.6 Å². The highest BCUT2D eigenvalue weighted by atomic mass is 16.3. The maximum Gasteiger partial charge on any atom is 0.137 e. The molecule has 54 heavy (non-hydrogen) atoms. The summed E-state index contributed by atoms with van der Waals surface area (Å²) in [5.41, 5.74) is 15.0. The fourth-order valence-electron chi connectivity index (χ4n) is 8.12. The lowest BCUT2D eigenvalue weighted by atomic mass is 10.0. The molecule has 10 aromatic rings. The van der Waals surface area contributed by atoms with Crippen molar-refractivity contribution in [2.24, 2.45) is 0 Å². The van der Waals surface area contributed by atoms with E-state index in [1.54, 1.807) is 0 Å². The molecular weight excluding hydrogens is 661 g/mol. The summed E-state index contributed by atoms with van der Waals surface area (Å²) < 4.78 is 13.3. The van der Waals surface area contributed by atoms with Crippen molar-refractivity contribution in [2.45, 2.75) is 27.7 Å². The Morgan fingerprint density at radius 2 is 0.630 bits per heavy atom. The van der Waals surface area contributed by atoms with Crippen LogP contribution in [0.5, 0.6) is 0 Å². The van der Waals surface area contributed by atoms with E-state index in [0.29, 0.717) is 0 Å². The molecule has 0 spiro atoms. The summed E-state index contributed by atoms with van der Waals surface area (Å²) in [6.07, 6.45) is 0. The Morgan fingerprint density at radius 3 is 0.981 bits per heavy atom. The third kappa shape index (κ3) is 5.14. The van der Waals surface area contributed by atoms with Crippen LogP contribution in [0.2, 0.25) is 0 Å². The normalized spacial score (nSPS) is 11.7. The Balaban J connectivity index is 1.09. The third-order valence-corrected chi connectivity index (χ3v) is 10.9. The first-order valence-corrected chi connectivity index (χ1v) is 18.5. The second-order valence-corrected chi connectivity index (χ2v) is 14.4. The van der Waals surface area contributed by atoms with Gasteiger partial charge in [0.05, 0.1) is 0 Å². The minimum absolute atomic E-state index is 0.859. The van der Waals surface area contributed by atoms with Crippen LogP contribution in [0.1, 0.15) is 22.3 Å². The SMILES string of the molecule is Cc1ccccc1N(c1ccc2c(c1)oc1cc3cc4oc5cc(N(c6ccccc6C)c6ccccc6C)ccc5c4cc3cc12)c1ccccc1C. The fraction of sp³-hybridized carbons (Fsp3) is 0.0800. The quantitative estimate of drug-likeness (QED) is 0.173. The summed E-state index contributed by atoms with van der Waals surface area (Å²) in [7, 11) is 0. The molecule has 0 N–H and O–H groups in total. The summed E-state index contributed by atoms with van der Waals surface area (Å²) >= 11 is 0. The van der Waals surface area contributed by atoms with Gasteiger partial charge in [-0.25, -0.2) is 0 Å². The molecule has 10 rings (SSSR count). The standard InChI is InChI=1S/C50H38N2O2/c1-31-13-5-9-17-43(31)51(44-18-10-6-14-32(44)2)37-21-23-39-41-25-35-26-42-40-24-22-38(30-50(40)54-48(42)28-36(35)27-47(41)53-49(39)29-37)52(45-19-11-7-15-33(45)3)46-20-12-8-16-34(46)4/h5-30H,1-4H3. The second-order valence-electron chi connectivity index (χ2n) is 14.4. The molecule has 2 aromatic heterocycles. The molecule has 0 atom stereocenters. The zero-order chi connectivity index (χ0) is 36.5. The molecule has 2 heterocycles. The molecule has 0 fully saturated rings. The zero-order valence-electron chi connectivity index (χ0n) is 30.7. The van der Waals surface area contributed by atoms with Crippen LogP contribution in [0.4, 0.5) is 34.1 Å². The molecule has 4 heteroatoms.